The molecule has 2 aromatic rings. The summed E-state index contributed by atoms with van der Waals surface area (Å²) in [5.74, 6) is 0.704. The number of benzene rings is 1. The smallest absolute Gasteiger partial charge is 0.329 e. The van der Waals surface area contributed by atoms with Gasteiger partial charge in [0.25, 0.3) is 0 Å². The molecule has 0 radical (unpaired) electrons. The number of nitrogens with zero attached hydrogens (tertiary/aromatic N) is 3. The van der Waals surface area contributed by atoms with Crippen molar-refractivity contribution < 1.29 is 9.47 Å². The van der Waals surface area contributed by atoms with E-state index in [1.165, 1.54) is 17.5 Å². The van der Waals surface area contributed by atoms with Crippen molar-refractivity contribution >= 4 is 11.6 Å². The minimum absolute atomic E-state index is 0.0552. The number of fused-ring (bicyclic) bond motifs is 1. The molecule has 1 aliphatic carbocycles. The lowest BCUT2D eigenvalue weighted by molar-refractivity contribution is 0.303. The Balaban J connectivity index is 1.83. The van der Waals surface area contributed by atoms with E-state index in [0.717, 1.165) is 12.8 Å². The Kier molecular flexibility index (Phi) is 3.69. The lowest BCUT2D eigenvalue weighted by Crippen LogP contribution is -2.01. The molecule has 0 fully saturated rings. The first-order chi connectivity index (χ1) is 9.74. The van der Waals surface area contributed by atoms with Crippen LogP contribution < -0.4 is 9.47 Å². The van der Waals surface area contributed by atoms with Crippen LogP contribution in [0, 0.1) is 0 Å². The molecule has 20 heavy (non-hydrogen) atoms. The van der Waals surface area contributed by atoms with Crippen molar-refractivity contribution in [1.82, 2.24) is 15.0 Å². The first-order valence-corrected chi connectivity index (χ1v) is 6.96. The maximum Gasteiger partial charge on any atom is 0.329 e. The second-order valence-electron chi connectivity index (χ2n) is 4.49. The molecule has 0 bridgehead atoms. The van der Waals surface area contributed by atoms with E-state index in [2.05, 4.69) is 21.0 Å². The van der Waals surface area contributed by atoms with Crippen molar-refractivity contribution in [3.05, 3.63) is 34.6 Å². The van der Waals surface area contributed by atoms with E-state index in [1.807, 2.05) is 19.1 Å². The Hall–Kier alpha value is -1.88. The summed E-state index contributed by atoms with van der Waals surface area (Å²) >= 11 is 5.82. The lowest BCUT2D eigenvalue weighted by atomic mass is 10.1. The van der Waals surface area contributed by atoms with E-state index in [9.17, 15) is 0 Å². The van der Waals surface area contributed by atoms with Gasteiger partial charge >= 0.3 is 12.0 Å². The number of hydrogen-bond acceptors (Lipinski definition) is 5. The monoisotopic (exact) mass is 291 g/mol. The Morgan fingerprint density at radius 1 is 1.10 bits per heavy atom. The van der Waals surface area contributed by atoms with Crippen LogP contribution in [0.25, 0.3) is 0 Å². The molecule has 0 saturated heterocycles. The van der Waals surface area contributed by atoms with Crippen LogP contribution in [0.1, 0.15) is 24.5 Å². The molecule has 0 aliphatic heterocycles. The summed E-state index contributed by atoms with van der Waals surface area (Å²) in [6.45, 7) is 2.30. The van der Waals surface area contributed by atoms with E-state index in [4.69, 9.17) is 21.1 Å². The quantitative estimate of drug-likeness (QED) is 0.866. The average Bonchev–Trinajstić information content (AvgIpc) is 2.85. The first-order valence-electron chi connectivity index (χ1n) is 6.58. The second-order valence-corrected chi connectivity index (χ2v) is 4.83. The van der Waals surface area contributed by atoms with Gasteiger partial charge in [-0.1, -0.05) is 6.07 Å². The van der Waals surface area contributed by atoms with Crippen molar-refractivity contribution in [3.63, 3.8) is 0 Å². The fraction of sp³-hybridized carbons (Fsp3) is 0.357. The molecule has 1 aromatic heterocycles. The predicted molar refractivity (Wildman–Crippen MR) is 74.5 cm³/mol. The Morgan fingerprint density at radius 2 is 1.90 bits per heavy atom. The molecular weight excluding hydrogens is 278 g/mol. The molecular formula is C14H14ClN3O2. The molecule has 0 saturated carbocycles. The van der Waals surface area contributed by atoms with Gasteiger partial charge in [-0.3, -0.25) is 0 Å². The summed E-state index contributed by atoms with van der Waals surface area (Å²) in [5.41, 5.74) is 2.72. The zero-order valence-electron chi connectivity index (χ0n) is 11.1. The van der Waals surface area contributed by atoms with Crippen LogP contribution in [-0.4, -0.2) is 21.6 Å². The van der Waals surface area contributed by atoms with Gasteiger partial charge < -0.3 is 9.47 Å². The van der Waals surface area contributed by atoms with E-state index in [1.54, 1.807) is 0 Å². The second kappa shape index (κ2) is 5.63. The highest BCUT2D eigenvalue weighted by atomic mass is 35.5. The molecule has 0 atom stereocenters. The fourth-order valence-electron chi connectivity index (χ4n) is 2.27. The van der Waals surface area contributed by atoms with Crippen LogP contribution in [-0.2, 0) is 12.8 Å². The van der Waals surface area contributed by atoms with E-state index >= 15 is 0 Å². The van der Waals surface area contributed by atoms with Gasteiger partial charge in [-0.2, -0.15) is 9.97 Å². The minimum atomic E-state index is 0.0552. The molecule has 5 nitrogen and oxygen atoms in total. The van der Waals surface area contributed by atoms with E-state index in [-0.39, 0.29) is 17.3 Å². The third-order valence-electron chi connectivity index (χ3n) is 3.12. The lowest BCUT2D eigenvalue weighted by Gasteiger charge is -2.07. The highest BCUT2D eigenvalue weighted by Gasteiger charge is 2.13. The van der Waals surface area contributed by atoms with Gasteiger partial charge in [0.2, 0.25) is 5.28 Å². The normalized spacial score (nSPS) is 13.1. The molecule has 1 aromatic carbocycles. The van der Waals surface area contributed by atoms with E-state index in [0.29, 0.717) is 12.4 Å². The van der Waals surface area contributed by atoms with Crippen LogP contribution in [0.5, 0.6) is 17.8 Å². The number of aryl methyl sites for hydroxylation is 2. The highest BCUT2D eigenvalue weighted by Crippen LogP contribution is 2.28. The number of aromatic nitrogens is 3. The van der Waals surface area contributed by atoms with Gasteiger partial charge in [0.05, 0.1) is 6.61 Å². The van der Waals surface area contributed by atoms with Gasteiger partial charge in [0, 0.05) is 0 Å². The molecule has 1 aliphatic rings. The Bertz CT molecular complexity index is 634. The van der Waals surface area contributed by atoms with Crippen LogP contribution in [0.3, 0.4) is 0 Å². The van der Waals surface area contributed by atoms with Crippen LogP contribution >= 0.6 is 11.6 Å². The molecule has 104 valence electrons. The van der Waals surface area contributed by atoms with Crippen molar-refractivity contribution in [3.8, 4) is 17.8 Å². The Labute approximate surface area is 121 Å². The number of rotatable bonds is 4. The topological polar surface area (TPSA) is 57.1 Å². The zero-order chi connectivity index (χ0) is 13.9. The molecule has 1 heterocycles. The zero-order valence-corrected chi connectivity index (χ0v) is 11.9. The maximum atomic E-state index is 5.82. The largest absolute Gasteiger partial charge is 0.464 e. The third-order valence-corrected chi connectivity index (χ3v) is 3.29. The summed E-state index contributed by atoms with van der Waals surface area (Å²) < 4.78 is 10.9. The highest BCUT2D eigenvalue weighted by molar-refractivity contribution is 6.28. The maximum absolute atomic E-state index is 5.82. The summed E-state index contributed by atoms with van der Waals surface area (Å²) in [6.07, 6.45) is 3.43. The SMILES string of the molecule is CCOc1nc(Cl)nc(Oc2ccc3c(c2)CCC3)n1. The molecule has 0 amide bonds. The molecule has 0 spiro atoms. The van der Waals surface area contributed by atoms with Crippen molar-refractivity contribution in [2.45, 2.75) is 26.2 Å². The van der Waals surface area contributed by atoms with E-state index < -0.39 is 0 Å². The molecule has 0 N–H and O–H groups in total. The molecule has 3 rings (SSSR count). The number of halogens is 1. The average molecular weight is 292 g/mol. The van der Waals surface area contributed by atoms with Gasteiger partial charge in [-0.25, -0.2) is 0 Å². The molecule has 6 heteroatoms. The van der Waals surface area contributed by atoms with Crippen molar-refractivity contribution in [1.29, 1.82) is 0 Å². The van der Waals surface area contributed by atoms with Crippen molar-refractivity contribution in [2.24, 2.45) is 0 Å². The van der Waals surface area contributed by atoms with Crippen molar-refractivity contribution in [2.75, 3.05) is 6.61 Å². The summed E-state index contributed by atoms with van der Waals surface area (Å²) in [4.78, 5) is 11.9. The van der Waals surface area contributed by atoms with Gasteiger partial charge in [0.1, 0.15) is 5.75 Å². The first kappa shape index (κ1) is 13.1. The summed E-state index contributed by atoms with van der Waals surface area (Å²) in [7, 11) is 0. The number of hydrogen-bond donors (Lipinski definition) is 0. The predicted octanol–water partition coefficient (Wildman–Crippen LogP) is 3.20. The summed E-state index contributed by atoms with van der Waals surface area (Å²) in [5, 5.41) is 0.0552. The van der Waals surface area contributed by atoms with Gasteiger partial charge in [0.15, 0.2) is 0 Å². The minimum Gasteiger partial charge on any atom is -0.464 e. The van der Waals surface area contributed by atoms with Crippen LogP contribution in [0.4, 0.5) is 0 Å². The number of ether oxygens (including phenoxy) is 2. The summed E-state index contributed by atoms with van der Waals surface area (Å²) in [6, 6.07) is 6.35. The molecule has 0 unspecified atom stereocenters. The van der Waals surface area contributed by atoms with Crippen LogP contribution in [0.15, 0.2) is 18.2 Å². The van der Waals surface area contributed by atoms with Crippen LogP contribution in [0.2, 0.25) is 5.28 Å². The third kappa shape index (κ3) is 2.82. The standard InChI is InChI=1S/C14H14ClN3O2/c1-2-19-13-16-12(15)17-14(18-13)20-11-7-6-9-4-3-5-10(9)8-11/h6-8H,2-5H2,1H3. The van der Waals surface area contributed by atoms with Gasteiger partial charge in [-0.15, -0.1) is 4.98 Å². The Morgan fingerprint density at radius 3 is 2.75 bits per heavy atom. The van der Waals surface area contributed by atoms with Gasteiger partial charge in [-0.05, 0) is 61.0 Å². The fourth-order valence-corrected chi connectivity index (χ4v) is 2.42.